The standard InChI is InChI=1S/C6H14O3/c1-5(2-3-7)6(9)4-8/h5-9H,2-4H2,1H3/t5-,6+/m1/s1. The maximum Gasteiger partial charge on any atom is 0.0797 e. The number of hydrogen-bond acceptors (Lipinski definition) is 3. The van der Waals surface area contributed by atoms with E-state index in [1.54, 1.807) is 6.92 Å². The first kappa shape index (κ1) is 8.88. The maximum absolute atomic E-state index is 8.90. The fourth-order valence-electron chi connectivity index (χ4n) is 0.576. The second-order valence-electron chi connectivity index (χ2n) is 2.24. The molecular weight excluding hydrogens is 120 g/mol. The van der Waals surface area contributed by atoms with Crippen molar-refractivity contribution in [2.24, 2.45) is 5.92 Å². The Morgan fingerprint density at radius 2 is 1.89 bits per heavy atom. The Bertz CT molecular complexity index is 65.3. The summed E-state index contributed by atoms with van der Waals surface area (Å²) in [5.41, 5.74) is 0. The molecule has 0 amide bonds. The highest BCUT2D eigenvalue weighted by molar-refractivity contribution is 4.61. The summed E-state index contributed by atoms with van der Waals surface area (Å²) in [6.07, 6.45) is -0.140. The van der Waals surface area contributed by atoms with E-state index in [4.69, 9.17) is 15.3 Å². The van der Waals surface area contributed by atoms with Crippen molar-refractivity contribution in [2.45, 2.75) is 19.4 Å². The molecule has 0 aliphatic rings. The lowest BCUT2D eigenvalue weighted by atomic mass is 10.0. The molecule has 0 aromatic heterocycles. The van der Waals surface area contributed by atoms with Crippen LogP contribution in [0, 0.1) is 5.92 Å². The second-order valence-corrected chi connectivity index (χ2v) is 2.24. The molecule has 56 valence electrons. The van der Waals surface area contributed by atoms with Gasteiger partial charge in [0.25, 0.3) is 0 Å². The van der Waals surface area contributed by atoms with Gasteiger partial charge in [0.1, 0.15) is 0 Å². The zero-order valence-electron chi connectivity index (χ0n) is 5.62. The van der Waals surface area contributed by atoms with E-state index in [2.05, 4.69) is 0 Å². The molecule has 0 aliphatic heterocycles. The third-order valence-corrected chi connectivity index (χ3v) is 1.43. The number of aliphatic hydroxyl groups is 3. The van der Waals surface area contributed by atoms with E-state index in [1.165, 1.54) is 0 Å². The normalized spacial score (nSPS) is 17.3. The van der Waals surface area contributed by atoms with Gasteiger partial charge in [-0.05, 0) is 12.3 Å². The Morgan fingerprint density at radius 1 is 1.33 bits per heavy atom. The van der Waals surface area contributed by atoms with Gasteiger partial charge in [-0.3, -0.25) is 0 Å². The molecule has 0 saturated heterocycles. The van der Waals surface area contributed by atoms with Gasteiger partial charge in [-0.2, -0.15) is 0 Å². The van der Waals surface area contributed by atoms with Crippen LogP contribution in [0.5, 0.6) is 0 Å². The number of aliphatic hydroxyl groups excluding tert-OH is 3. The highest BCUT2D eigenvalue weighted by atomic mass is 16.3. The van der Waals surface area contributed by atoms with Gasteiger partial charge in [0.05, 0.1) is 12.7 Å². The number of rotatable bonds is 4. The van der Waals surface area contributed by atoms with Gasteiger partial charge < -0.3 is 15.3 Å². The average molecular weight is 134 g/mol. The molecule has 0 aromatic carbocycles. The molecule has 0 aliphatic carbocycles. The summed E-state index contributed by atoms with van der Waals surface area (Å²) in [4.78, 5) is 0. The Hall–Kier alpha value is -0.120. The van der Waals surface area contributed by atoms with Crippen LogP contribution in [0.15, 0.2) is 0 Å². The largest absolute Gasteiger partial charge is 0.396 e. The van der Waals surface area contributed by atoms with E-state index in [0.29, 0.717) is 6.42 Å². The Labute approximate surface area is 54.9 Å². The monoisotopic (exact) mass is 134 g/mol. The van der Waals surface area contributed by atoms with Crippen LogP contribution in [0.25, 0.3) is 0 Å². The molecule has 0 radical (unpaired) electrons. The fraction of sp³-hybridized carbons (Fsp3) is 1.00. The summed E-state index contributed by atoms with van der Waals surface area (Å²) in [7, 11) is 0. The van der Waals surface area contributed by atoms with Gasteiger partial charge in [0.2, 0.25) is 0 Å². The predicted molar refractivity (Wildman–Crippen MR) is 34.0 cm³/mol. The lowest BCUT2D eigenvalue weighted by Crippen LogP contribution is -2.22. The van der Waals surface area contributed by atoms with Gasteiger partial charge in [-0.25, -0.2) is 0 Å². The highest BCUT2D eigenvalue weighted by Crippen LogP contribution is 2.05. The number of hydrogen-bond donors (Lipinski definition) is 3. The zero-order valence-corrected chi connectivity index (χ0v) is 5.62. The van der Waals surface area contributed by atoms with Gasteiger partial charge in [0.15, 0.2) is 0 Å². The minimum absolute atomic E-state index is 0.0139. The Balaban J connectivity index is 3.32. The molecule has 0 bridgehead atoms. The van der Waals surface area contributed by atoms with E-state index < -0.39 is 6.10 Å². The first-order chi connectivity index (χ1) is 4.22. The summed E-state index contributed by atoms with van der Waals surface area (Å²) in [5, 5.41) is 25.7. The first-order valence-electron chi connectivity index (χ1n) is 3.12. The van der Waals surface area contributed by atoms with Gasteiger partial charge in [-0.15, -0.1) is 0 Å². The van der Waals surface area contributed by atoms with Crippen LogP contribution in [-0.2, 0) is 0 Å². The first-order valence-corrected chi connectivity index (χ1v) is 3.12. The Morgan fingerprint density at radius 3 is 2.22 bits per heavy atom. The predicted octanol–water partition coefficient (Wildman–Crippen LogP) is -0.642. The fourth-order valence-corrected chi connectivity index (χ4v) is 0.576. The molecule has 3 heteroatoms. The molecule has 0 aromatic rings. The molecule has 0 unspecified atom stereocenters. The van der Waals surface area contributed by atoms with E-state index >= 15 is 0 Å². The highest BCUT2D eigenvalue weighted by Gasteiger charge is 2.10. The van der Waals surface area contributed by atoms with Crippen molar-refractivity contribution in [3.05, 3.63) is 0 Å². The van der Waals surface area contributed by atoms with Crippen LogP contribution in [0.1, 0.15) is 13.3 Å². The topological polar surface area (TPSA) is 60.7 Å². The molecule has 0 rings (SSSR count). The average Bonchev–Trinajstić information content (AvgIpc) is 1.87. The van der Waals surface area contributed by atoms with Crippen molar-refractivity contribution >= 4 is 0 Å². The van der Waals surface area contributed by atoms with Crippen LogP contribution < -0.4 is 0 Å². The van der Waals surface area contributed by atoms with Crippen molar-refractivity contribution < 1.29 is 15.3 Å². The Kier molecular flexibility index (Phi) is 4.67. The maximum atomic E-state index is 8.90. The summed E-state index contributed by atoms with van der Waals surface area (Å²) >= 11 is 0. The minimum atomic E-state index is -0.683. The lowest BCUT2D eigenvalue weighted by molar-refractivity contribution is 0.0439. The van der Waals surface area contributed by atoms with E-state index in [-0.39, 0.29) is 19.1 Å². The summed E-state index contributed by atoms with van der Waals surface area (Å²) in [5.74, 6) is -0.0139. The smallest absolute Gasteiger partial charge is 0.0797 e. The SMILES string of the molecule is C[C@H](CCO)[C@@H](O)CO. The summed E-state index contributed by atoms with van der Waals surface area (Å²) in [6, 6.07) is 0. The lowest BCUT2D eigenvalue weighted by Gasteiger charge is -2.14. The third kappa shape index (κ3) is 3.46. The van der Waals surface area contributed by atoms with Crippen molar-refractivity contribution in [1.82, 2.24) is 0 Å². The molecule has 0 heterocycles. The molecule has 3 nitrogen and oxygen atoms in total. The van der Waals surface area contributed by atoms with Gasteiger partial charge in [0, 0.05) is 6.61 Å². The van der Waals surface area contributed by atoms with Crippen molar-refractivity contribution in [3.63, 3.8) is 0 Å². The molecule has 9 heavy (non-hydrogen) atoms. The van der Waals surface area contributed by atoms with Crippen LogP contribution in [-0.4, -0.2) is 34.6 Å². The van der Waals surface area contributed by atoms with Crippen LogP contribution in [0.4, 0.5) is 0 Å². The van der Waals surface area contributed by atoms with Crippen molar-refractivity contribution in [3.8, 4) is 0 Å². The molecular formula is C6H14O3. The zero-order chi connectivity index (χ0) is 7.28. The van der Waals surface area contributed by atoms with Gasteiger partial charge in [-0.1, -0.05) is 6.92 Å². The summed E-state index contributed by atoms with van der Waals surface area (Å²) < 4.78 is 0. The molecule has 2 atom stereocenters. The third-order valence-electron chi connectivity index (χ3n) is 1.43. The van der Waals surface area contributed by atoms with Crippen molar-refractivity contribution in [2.75, 3.05) is 13.2 Å². The summed E-state index contributed by atoms with van der Waals surface area (Å²) in [6.45, 7) is 1.64. The van der Waals surface area contributed by atoms with E-state index in [1.807, 2.05) is 0 Å². The minimum Gasteiger partial charge on any atom is -0.396 e. The van der Waals surface area contributed by atoms with Crippen molar-refractivity contribution in [1.29, 1.82) is 0 Å². The van der Waals surface area contributed by atoms with E-state index in [0.717, 1.165) is 0 Å². The molecule has 0 saturated carbocycles. The van der Waals surface area contributed by atoms with Crippen LogP contribution >= 0.6 is 0 Å². The molecule has 0 spiro atoms. The van der Waals surface area contributed by atoms with Gasteiger partial charge >= 0.3 is 0 Å². The quantitative estimate of drug-likeness (QED) is 0.479. The van der Waals surface area contributed by atoms with Crippen LogP contribution in [0.2, 0.25) is 0 Å². The second kappa shape index (κ2) is 4.73. The molecule has 3 N–H and O–H groups in total. The molecule has 0 fully saturated rings. The van der Waals surface area contributed by atoms with Crippen LogP contribution in [0.3, 0.4) is 0 Å². The van der Waals surface area contributed by atoms with E-state index in [9.17, 15) is 0 Å².